The second-order valence-corrected chi connectivity index (χ2v) is 8.22. The highest BCUT2D eigenvalue weighted by atomic mass is 19.4. The van der Waals surface area contributed by atoms with Crippen molar-refractivity contribution in [2.75, 3.05) is 18.0 Å². The zero-order valence-electron chi connectivity index (χ0n) is 16.7. The third-order valence-electron chi connectivity index (χ3n) is 5.67. The third-order valence-corrected chi connectivity index (χ3v) is 5.67. The summed E-state index contributed by atoms with van der Waals surface area (Å²) in [6, 6.07) is 1.57. The molecule has 1 saturated carbocycles. The number of halogens is 3. The van der Waals surface area contributed by atoms with Crippen LogP contribution in [-0.2, 0) is 12.7 Å². The van der Waals surface area contributed by atoms with Crippen molar-refractivity contribution in [1.82, 2.24) is 19.9 Å². The van der Waals surface area contributed by atoms with Crippen LogP contribution < -0.4 is 4.90 Å². The van der Waals surface area contributed by atoms with Crippen LogP contribution in [0, 0.1) is 0 Å². The number of alkyl halides is 3. The molecule has 2 aromatic heterocycles. The van der Waals surface area contributed by atoms with E-state index in [4.69, 9.17) is 4.42 Å². The Labute approximate surface area is 168 Å². The molecule has 0 spiro atoms. The molecule has 0 N–H and O–H groups in total. The SMILES string of the molecule is CC(C)c1ocnc1CN1CCC(N(c2cc(C(F)(F)F)ncn2)C2CC2)CC1. The molecular weight excluding hydrogens is 383 g/mol. The highest BCUT2D eigenvalue weighted by molar-refractivity contribution is 5.44. The van der Waals surface area contributed by atoms with Crippen molar-refractivity contribution in [3.63, 3.8) is 0 Å². The Morgan fingerprint density at radius 1 is 1.10 bits per heavy atom. The quantitative estimate of drug-likeness (QED) is 0.711. The molecule has 0 atom stereocenters. The fraction of sp³-hybridized carbons (Fsp3) is 0.650. The molecule has 0 unspecified atom stereocenters. The third kappa shape index (κ3) is 4.55. The standard InChI is InChI=1S/C20H26F3N5O/c1-13(2)19-16(26-12-29-19)10-27-7-5-15(6-8-27)28(14-3-4-14)18-9-17(20(21,22)23)24-11-25-18/h9,11-15H,3-8,10H2,1-2H3. The van der Waals surface area contributed by atoms with Crippen LogP contribution in [0.3, 0.4) is 0 Å². The van der Waals surface area contributed by atoms with Crippen molar-refractivity contribution in [3.8, 4) is 0 Å². The zero-order valence-corrected chi connectivity index (χ0v) is 16.7. The van der Waals surface area contributed by atoms with Gasteiger partial charge in [0.25, 0.3) is 0 Å². The average Bonchev–Trinajstić information content (AvgIpc) is 3.40. The van der Waals surface area contributed by atoms with Gasteiger partial charge in [0.15, 0.2) is 6.39 Å². The molecule has 0 radical (unpaired) electrons. The van der Waals surface area contributed by atoms with Crippen LogP contribution >= 0.6 is 0 Å². The number of rotatable bonds is 6. The molecule has 29 heavy (non-hydrogen) atoms. The summed E-state index contributed by atoms with van der Waals surface area (Å²) >= 11 is 0. The smallest absolute Gasteiger partial charge is 0.433 e. The Bertz CT molecular complexity index is 826. The Balaban J connectivity index is 1.43. The van der Waals surface area contributed by atoms with Crippen molar-refractivity contribution in [2.24, 2.45) is 0 Å². The Morgan fingerprint density at radius 3 is 2.41 bits per heavy atom. The summed E-state index contributed by atoms with van der Waals surface area (Å²) in [6.07, 6.45) is 1.85. The molecule has 2 aliphatic rings. The van der Waals surface area contributed by atoms with E-state index in [9.17, 15) is 13.2 Å². The highest BCUT2D eigenvalue weighted by Crippen LogP contribution is 2.37. The molecule has 2 fully saturated rings. The van der Waals surface area contributed by atoms with Gasteiger partial charge in [0, 0.05) is 43.7 Å². The van der Waals surface area contributed by atoms with Crippen LogP contribution in [0.1, 0.15) is 62.6 Å². The Hall–Kier alpha value is -2.16. The van der Waals surface area contributed by atoms with Crippen LogP contribution in [0.4, 0.5) is 19.0 Å². The van der Waals surface area contributed by atoms with E-state index >= 15 is 0 Å². The lowest BCUT2D eigenvalue weighted by atomic mass is 10.0. The normalized spacial score (nSPS) is 19.1. The van der Waals surface area contributed by atoms with Crippen LogP contribution in [0.2, 0.25) is 0 Å². The maximum absolute atomic E-state index is 13.1. The van der Waals surface area contributed by atoms with Crippen molar-refractivity contribution < 1.29 is 17.6 Å². The summed E-state index contributed by atoms with van der Waals surface area (Å²) in [4.78, 5) is 16.4. The van der Waals surface area contributed by atoms with Crippen molar-refractivity contribution in [1.29, 1.82) is 0 Å². The monoisotopic (exact) mass is 409 g/mol. The summed E-state index contributed by atoms with van der Waals surface area (Å²) in [6.45, 7) is 6.65. The van der Waals surface area contributed by atoms with Crippen molar-refractivity contribution >= 4 is 5.82 Å². The minimum Gasteiger partial charge on any atom is -0.448 e. The number of oxazole rings is 1. The molecule has 1 saturated heterocycles. The summed E-state index contributed by atoms with van der Waals surface area (Å²) in [5.74, 6) is 1.61. The molecular formula is C20H26F3N5O. The first-order chi connectivity index (χ1) is 13.8. The predicted octanol–water partition coefficient (Wildman–Crippen LogP) is 4.24. The van der Waals surface area contributed by atoms with Crippen molar-refractivity contribution in [2.45, 2.75) is 70.3 Å². The first kappa shape index (κ1) is 20.1. The number of nitrogens with zero attached hydrogens (tertiary/aromatic N) is 5. The van der Waals surface area contributed by atoms with E-state index in [1.165, 1.54) is 6.39 Å². The first-order valence-corrected chi connectivity index (χ1v) is 10.1. The van der Waals surface area contributed by atoms with E-state index in [0.29, 0.717) is 5.82 Å². The van der Waals surface area contributed by atoms with Gasteiger partial charge >= 0.3 is 6.18 Å². The number of hydrogen-bond acceptors (Lipinski definition) is 6. The summed E-state index contributed by atoms with van der Waals surface area (Å²) in [5.41, 5.74) is 0.0981. The number of aromatic nitrogens is 3. The van der Waals surface area contributed by atoms with Gasteiger partial charge < -0.3 is 9.32 Å². The minimum absolute atomic E-state index is 0.191. The van der Waals surface area contributed by atoms with Gasteiger partial charge in [0.1, 0.15) is 23.6 Å². The van der Waals surface area contributed by atoms with Gasteiger partial charge in [-0.2, -0.15) is 13.2 Å². The molecule has 0 aromatic carbocycles. The number of likely N-dealkylation sites (tertiary alicyclic amines) is 1. The first-order valence-electron chi connectivity index (χ1n) is 10.1. The van der Waals surface area contributed by atoms with E-state index in [2.05, 4.69) is 38.6 Å². The fourth-order valence-corrected chi connectivity index (χ4v) is 4.10. The van der Waals surface area contributed by atoms with E-state index in [0.717, 1.165) is 69.2 Å². The van der Waals surface area contributed by atoms with Gasteiger partial charge in [-0.15, -0.1) is 0 Å². The van der Waals surface area contributed by atoms with Gasteiger partial charge in [-0.3, -0.25) is 4.90 Å². The molecule has 6 nitrogen and oxygen atoms in total. The second kappa shape index (κ2) is 7.93. The lowest BCUT2D eigenvalue weighted by Crippen LogP contribution is -2.46. The van der Waals surface area contributed by atoms with Gasteiger partial charge in [-0.05, 0) is 25.7 Å². The molecule has 4 rings (SSSR count). The lowest BCUT2D eigenvalue weighted by molar-refractivity contribution is -0.141. The zero-order chi connectivity index (χ0) is 20.6. The molecule has 3 heterocycles. The minimum atomic E-state index is -4.46. The van der Waals surface area contributed by atoms with Crippen LogP contribution in [-0.4, -0.2) is 45.0 Å². The highest BCUT2D eigenvalue weighted by Gasteiger charge is 2.39. The summed E-state index contributed by atoms with van der Waals surface area (Å²) in [5, 5.41) is 0. The van der Waals surface area contributed by atoms with Gasteiger partial charge in [-0.25, -0.2) is 15.0 Å². The van der Waals surface area contributed by atoms with E-state index < -0.39 is 11.9 Å². The molecule has 2 aromatic rings. The van der Waals surface area contributed by atoms with Gasteiger partial charge in [0.2, 0.25) is 0 Å². The second-order valence-electron chi connectivity index (χ2n) is 8.22. The lowest BCUT2D eigenvalue weighted by Gasteiger charge is -2.39. The fourth-order valence-electron chi connectivity index (χ4n) is 4.10. The molecule has 9 heteroatoms. The molecule has 0 bridgehead atoms. The summed E-state index contributed by atoms with van der Waals surface area (Å²) in [7, 11) is 0. The molecule has 0 amide bonds. The van der Waals surface area contributed by atoms with E-state index in [1.54, 1.807) is 0 Å². The van der Waals surface area contributed by atoms with E-state index in [-0.39, 0.29) is 18.0 Å². The topological polar surface area (TPSA) is 58.3 Å². The van der Waals surface area contributed by atoms with Crippen LogP contribution in [0.5, 0.6) is 0 Å². The maximum Gasteiger partial charge on any atom is 0.433 e. The predicted molar refractivity (Wildman–Crippen MR) is 101 cm³/mol. The largest absolute Gasteiger partial charge is 0.448 e. The average molecular weight is 409 g/mol. The van der Waals surface area contributed by atoms with Gasteiger partial charge in [0.05, 0.1) is 5.69 Å². The molecule has 1 aliphatic carbocycles. The Kier molecular flexibility index (Phi) is 5.50. The maximum atomic E-state index is 13.1. The number of piperidine rings is 1. The molecule has 1 aliphatic heterocycles. The van der Waals surface area contributed by atoms with Crippen LogP contribution in [0.25, 0.3) is 0 Å². The van der Waals surface area contributed by atoms with E-state index in [1.807, 2.05) is 0 Å². The number of anilines is 1. The van der Waals surface area contributed by atoms with Crippen molar-refractivity contribution in [3.05, 3.63) is 35.9 Å². The summed E-state index contributed by atoms with van der Waals surface area (Å²) < 4.78 is 44.8. The van der Waals surface area contributed by atoms with Crippen LogP contribution in [0.15, 0.2) is 23.2 Å². The Morgan fingerprint density at radius 2 is 1.79 bits per heavy atom. The number of hydrogen-bond donors (Lipinski definition) is 0. The molecule has 158 valence electrons. The van der Waals surface area contributed by atoms with Gasteiger partial charge in [-0.1, -0.05) is 13.8 Å².